The second-order valence-electron chi connectivity index (χ2n) is 4.21. The lowest BCUT2D eigenvalue weighted by atomic mass is 9.93. The molecular formula is C14H15FO. The lowest BCUT2D eigenvalue weighted by Crippen LogP contribution is -2.09. The topological polar surface area (TPSA) is 17.1 Å². The van der Waals surface area contributed by atoms with Crippen LogP contribution in [0, 0.1) is 5.82 Å². The molecular weight excluding hydrogens is 203 g/mol. The van der Waals surface area contributed by atoms with Crippen LogP contribution >= 0.6 is 0 Å². The van der Waals surface area contributed by atoms with Crippen LogP contribution in [0.25, 0.3) is 0 Å². The third-order valence-corrected chi connectivity index (χ3v) is 2.90. The summed E-state index contributed by atoms with van der Waals surface area (Å²) in [6.45, 7) is 0. The summed E-state index contributed by atoms with van der Waals surface area (Å²) in [5.41, 5.74) is 1.69. The highest BCUT2D eigenvalue weighted by molar-refractivity contribution is 5.96. The third-order valence-electron chi connectivity index (χ3n) is 2.90. The highest BCUT2D eigenvalue weighted by atomic mass is 19.1. The largest absolute Gasteiger partial charge is 0.294 e. The number of allylic oxidation sites excluding steroid dienone is 2. The first-order valence-electron chi connectivity index (χ1n) is 5.72. The summed E-state index contributed by atoms with van der Waals surface area (Å²) >= 11 is 0. The molecule has 0 saturated carbocycles. The fourth-order valence-corrected chi connectivity index (χ4v) is 2.04. The van der Waals surface area contributed by atoms with Crippen molar-refractivity contribution in [3.8, 4) is 0 Å². The number of carbonyl (C=O) groups is 1. The van der Waals surface area contributed by atoms with Crippen molar-refractivity contribution in [3.05, 3.63) is 47.3 Å². The second kappa shape index (κ2) is 5.06. The summed E-state index contributed by atoms with van der Waals surface area (Å²) in [5, 5.41) is 0. The van der Waals surface area contributed by atoms with E-state index in [1.807, 2.05) is 6.08 Å². The molecule has 2 heteroatoms. The monoisotopic (exact) mass is 218 g/mol. The maximum atomic E-state index is 12.9. The number of ketones is 1. The molecule has 0 saturated heterocycles. The molecule has 1 aromatic carbocycles. The van der Waals surface area contributed by atoms with Crippen LogP contribution in [0.5, 0.6) is 0 Å². The van der Waals surface area contributed by atoms with Gasteiger partial charge in [0.1, 0.15) is 5.82 Å². The zero-order valence-electron chi connectivity index (χ0n) is 9.21. The average molecular weight is 218 g/mol. The van der Waals surface area contributed by atoms with Crippen LogP contribution in [0.1, 0.15) is 31.2 Å². The van der Waals surface area contributed by atoms with E-state index in [4.69, 9.17) is 0 Å². The minimum absolute atomic E-state index is 0.144. The van der Waals surface area contributed by atoms with E-state index in [1.165, 1.54) is 18.6 Å². The fraction of sp³-hybridized carbons (Fsp3) is 0.357. The van der Waals surface area contributed by atoms with E-state index in [0.29, 0.717) is 6.42 Å². The van der Waals surface area contributed by atoms with Crippen LogP contribution in [0.3, 0.4) is 0 Å². The van der Waals surface area contributed by atoms with Gasteiger partial charge in [-0.3, -0.25) is 4.79 Å². The van der Waals surface area contributed by atoms with Gasteiger partial charge in [0.25, 0.3) is 0 Å². The summed E-state index contributed by atoms with van der Waals surface area (Å²) in [6.07, 6.45) is 6.52. The predicted octanol–water partition coefficient (Wildman–Crippen LogP) is 3.44. The zero-order chi connectivity index (χ0) is 11.4. The Morgan fingerprint density at radius 1 is 1.31 bits per heavy atom. The van der Waals surface area contributed by atoms with Crippen molar-refractivity contribution in [1.29, 1.82) is 0 Å². The van der Waals surface area contributed by atoms with Crippen molar-refractivity contribution in [1.82, 2.24) is 0 Å². The van der Waals surface area contributed by atoms with Crippen LogP contribution in [0.15, 0.2) is 35.9 Å². The smallest absolute Gasteiger partial charge is 0.162 e. The number of benzene rings is 1. The summed E-state index contributed by atoms with van der Waals surface area (Å²) < 4.78 is 12.9. The van der Waals surface area contributed by atoms with Gasteiger partial charge in [0, 0.05) is 6.42 Å². The molecule has 0 amide bonds. The Labute approximate surface area is 95.0 Å². The van der Waals surface area contributed by atoms with Gasteiger partial charge in [-0.1, -0.05) is 18.2 Å². The molecule has 1 aliphatic rings. The van der Waals surface area contributed by atoms with Crippen molar-refractivity contribution >= 4 is 5.78 Å². The molecule has 0 aliphatic heterocycles. The van der Waals surface area contributed by atoms with Crippen molar-refractivity contribution in [3.63, 3.8) is 0 Å². The Bertz CT molecular complexity index is 420. The predicted molar refractivity (Wildman–Crippen MR) is 61.7 cm³/mol. The van der Waals surface area contributed by atoms with Crippen LogP contribution in [-0.2, 0) is 11.2 Å². The van der Waals surface area contributed by atoms with E-state index < -0.39 is 0 Å². The van der Waals surface area contributed by atoms with Gasteiger partial charge in [-0.15, -0.1) is 0 Å². The third kappa shape index (κ3) is 2.78. The highest BCUT2D eigenvalue weighted by Gasteiger charge is 2.12. The van der Waals surface area contributed by atoms with Crippen molar-refractivity contribution < 1.29 is 9.18 Å². The van der Waals surface area contributed by atoms with E-state index in [0.717, 1.165) is 30.4 Å². The Morgan fingerprint density at radius 3 is 2.88 bits per heavy atom. The summed E-state index contributed by atoms with van der Waals surface area (Å²) in [7, 11) is 0. The number of hydrogen-bond acceptors (Lipinski definition) is 1. The van der Waals surface area contributed by atoms with Gasteiger partial charge in [0.05, 0.1) is 0 Å². The Balaban J connectivity index is 2.04. The maximum absolute atomic E-state index is 12.9. The molecule has 84 valence electrons. The number of rotatable bonds is 3. The minimum atomic E-state index is -0.275. The van der Waals surface area contributed by atoms with Gasteiger partial charge in [-0.2, -0.15) is 0 Å². The molecule has 0 atom stereocenters. The van der Waals surface area contributed by atoms with Gasteiger partial charge in [0.2, 0.25) is 0 Å². The minimum Gasteiger partial charge on any atom is -0.294 e. The zero-order valence-corrected chi connectivity index (χ0v) is 9.21. The first-order valence-corrected chi connectivity index (χ1v) is 5.72. The van der Waals surface area contributed by atoms with Crippen molar-refractivity contribution in [2.24, 2.45) is 0 Å². The van der Waals surface area contributed by atoms with E-state index in [2.05, 4.69) is 0 Å². The number of hydrogen-bond donors (Lipinski definition) is 0. The Morgan fingerprint density at radius 2 is 2.19 bits per heavy atom. The van der Waals surface area contributed by atoms with Crippen LogP contribution in [0.4, 0.5) is 4.39 Å². The van der Waals surface area contributed by atoms with Gasteiger partial charge in [0.15, 0.2) is 5.78 Å². The molecule has 0 heterocycles. The van der Waals surface area contributed by atoms with E-state index in [9.17, 15) is 9.18 Å². The normalized spacial score (nSPS) is 15.7. The molecule has 1 aliphatic carbocycles. The van der Waals surface area contributed by atoms with E-state index >= 15 is 0 Å². The van der Waals surface area contributed by atoms with Crippen LogP contribution in [0.2, 0.25) is 0 Å². The van der Waals surface area contributed by atoms with Crippen molar-refractivity contribution in [2.75, 3.05) is 0 Å². The van der Waals surface area contributed by atoms with Crippen LogP contribution in [-0.4, -0.2) is 5.78 Å². The average Bonchev–Trinajstić information content (AvgIpc) is 2.30. The van der Waals surface area contributed by atoms with Crippen molar-refractivity contribution in [2.45, 2.75) is 32.1 Å². The lowest BCUT2D eigenvalue weighted by Gasteiger charge is -2.11. The summed E-state index contributed by atoms with van der Waals surface area (Å²) in [4.78, 5) is 11.9. The molecule has 1 nitrogen and oxygen atoms in total. The number of halogens is 1. The second-order valence-corrected chi connectivity index (χ2v) is 4.21. The molecule has 2 rings (SSSR count). The van der Waals surface area contributed by atoms with Crippen LogP contribution < -0.4 is 0 Å². The molecule has 0 N–H and O–H groups in total. The highest BCUT2D eigenvalue weighted by Crippen LogP contribution is 2.19. The quantitative estimate of drug-likeness (QED) is 0.759. The number of Topliss-reactive ketones (excluding diaryl/α,β-unsaturated/α-hetero) is 1. The molecule has 0 bridgehead atoms. The molecule has 16 heavy (non-hydrogen) atoms. The molecule has 0 unspecified atom stereocenters. The first kappa shape index (κ1) is 11.1. The Kier molecular flexibility index (Phi) is 3.50. The van der Waals surface area contributed by atoms with Gasteiger partial charge < -0.3 is 0 Å². The van der Waals surface area contributed by atoms with Gasteiger partial charge in [-0.25, -0.2) is 4.39 Å². The standard InChI is InChI=1S/C14H15FO/c15-13-8-4-5-11(9-13)10-14(16)12-6-2-1-3-7-12/h4-6,8-9H,1-3,7,10H2. The molecule has 0 spiro atoms. The molecule has 0 aromatic heterocycles. The van der Waals surface area contributed by atoms with E-state index in [1.54, 1.807) is 12.1 Å². The maximum Gasteiger partial charge on any atom is 0.162 e. The fourth-order valence-electron chi connectivity index (χ4n) is 2.04. The Hall–Kier alpha value is -1.44. The van der Waals surface area contributed by atoms with E-state index in [-0.39, 0.29) is 11.6 Å². The first-order chi connectivity index (χ1) is 7.75. The van der Waals surface area contributed by atoms with Gasteiger partial charge >= 0.3 is 0 Å². The van der Waals surface area contributed by atoms with Gasteiger partial charge in [-0.05, 0) is 49.0 Å². The lowest BCUT2D eigenvalue weighted by molar-refractivity contribution is -0.115. The SMILES string of the molecule is O=C(Cc1cccc(F)c1)C1=CCCCC1. The molecule has 1 aromatic rings. The summed E-state index contributed by atoms with van der Waals surface area (Å²) in [5.74, 6) is -0.131. The molecule has 0 radical (unpaired) electrons. The number of carbonyl (C=O) groups excluding carboxylic acids is 1. The summed E-state index contributed by atoms with van der Waals surface area (Å²) in [6, 6.07) is 6.27. The molecule has 0 fully saturated rings.